The van der Waals surface area contributed by atoms with E-state index in [1.807, 2.05) is 91.0 Å². The fraction of sp³-hybridized carbons (Fsp3) is 0.308. The van der Waals surface area contributed by atoms with E-state index >= 15 is 0 Å². The van der Waals surface area contributed by atoms with Crippen molar-refractivity contribution in [1.29, 1.82) is 0 Å². The average Bonchev–Trinajstić information content (AvgIpc) is 2.84. The second-order valence-corrected chi connectivity index (χ2v) is 7.58. The van der Waals surface area contributed by atoms with Crippen LogP contribution < -0.4 is 0 Å². The Kier molecular flexibility index (Phi) is 7.46. The monoisotopic (exact) mass is 420 g/mol. The molecule has 5 heteroatoms. The first-order valence-corrected chi connectivity index (χ1v) is 10.5. The van der Waals surface area contributed by atoms with E-state index in [9.17, 15) is 5.11 Å². The van der Waals surface area contributed by atoms with Gasteiger partial charge in [0, 0.05) is 7.11 Å². The third-order valence-electron chi connectivity index (χ3n) is 5.45. The van der Waals surface area contributed by atoms with E-state index in [0.29, 0.717) is 13.2 Å². The van der Waals surface area contributed by atoms with Crippen molar-refractivity contribution in [2.45, 2.75) is 43.9 Å². The third-order valence-corrected chi connectivity index (χ3v) is 5.45. The number of benzene rings is 3. The van der Waals surface area contributed by atoms with Gasteiger partial charge in [-0.1, -0.05) is 91.0 Å². The molecule has 5 atom stereocenters. The lowest BCUT2D eigenvalue weighted by Gasteiger charge is -2.44. The van der Waals surface area contributed by atoms with Gasteiger partial charge in [0.25, 0.3) is 0 Å². The molecule has 5 nitrogen and oxygen atoms in total. The molecule has 1 aliphatic rings. The first kappa shape index (κ1) is 21.7. The van der Waals surface area contributed by atoms with E-state index in [-0.39, 0.29) is 0 Å². The minimum absolute atomic E-state index is 0.353. The maximum absolute atomic E-state index is 11.3. The molecule has 0 aliphatic carbocycles. The second-order valence-electron chi connectivity index (χ2n) is 7.58. The largest absolute Gasteiger partial charge is 0.387 e. The Hall–Kier alpha value is -2.54. The van der Waals surface area contributed by atoms with Crippen molar-refractivity contribution in [3.05, 3.63) is 108 Å². The summed E-state index contributed by atoms with van der Waals surface area (Å²) >= 11 is 0. The number of aliphatic hydroxyl groups excluding tert-OH is 1. The summed E-state index contributed by atoms with van der Waals surface area (Å²) in [5.41, 5.74) is 2.92. The molecule has 3 aromatic rings. The summed E-state index contributed by atoms with van der Waals surface area (Å²) in [4.78, 5) is 0. The maximum atomic E-state index is 11.3. The lowest BCUT2D eigenvalue weighted by Crippen LogP contribution is -2.56. The van der Waals surface area contributed by atoms with E-state index in [2.05, 4.69) is 0 Å². The fourth-order valence-corrected chi connectivity index (χ4v) is 3.83. The van der Waals surface area contributed by atoms with Crippen LogP contribution in [0.15, 0.2) is 91.0 Å². The van der Waals surface area contributed by atoms with Crippen LogP contribution in [-0.4, -0.2) is 36.8 Å². The normalized spacial score (nSPS) is 25.9. The average molecular weight is 421 g/mol. The Balaban J connectivity index is 1.56. The first-order chi connectivity index (χ1) is 15.3. The highest BCUT2D eigenvalue weighted by Crippen LogP contribution is 2.36. The molecular formula is C26H28O5. The van der Waals surface area contributed by atoms with Gasteiger partial charge in [-0.3, -0.25) is 0 Å². The number of ether oxygens (including phenoxy) is 4. The van der Waals surface area contributed by atoms with E-state index in [1.165, 1.54) is 0 Å². The summed E-state index contributed by atoms with van der Waals surface area (Å²) in [6.07, 6.45) is -3.41. The molecule has 0 bridgehead atoms. The van der Waals surface area contributed by atoms with Crippen molar-refractivity contribution in [1.82, 2.24) is 0 Å². The predicted molar refractivity (Wildman–Crippen MR) is 117 cm³/mol. The molecule has 3 aromatic carbocycles. The Morgan fingerprint density at radius 1 is 0.710 bits per heavy atom. The van der Waals surface area contributed by atoms with Crippen molar-refractivity contribution in [3.63, 3.8) is 0 Å². The number of rotatable bonds is 8. The zero-order valence-electron chi connectivity index (χ0n) is 17.5. The topological polar surface area (TPSA) is 57.2 Å². The van der Waals surface area contributed by atoms with E-state index in [0.717, 1.165) is 16.7 Å². The van der Waals surface area contributed by atoms with E-state index < -0.39 is 30.7 Å². The summed E-state index contributed by atoms with van der Waals surface area (Å²) in [5, 5.41) is 11.3. The van der Waals surface area contributed by atoms with Gasteiger partial charge in [-0.15, -0.1) is 0 Å². The fourth-order valence-electron chi connectivity index (χ4n) is 3.83. The number of hydrogen-bond donors (Lipinski definition) is 1. The predicted octanol–water partition coefficient (Wildman–Crippen LogP) is 4.26. The summed E-state index contributed by atoms with van der Waals surface area (Å²) in [6, 6.07) is 29.4. The van der Waals surface area contributed by atoms with Crippen LogP contribution in [0.3, 0.4) is 0 Å². The molecule has 1 saturated heterocycles. The highest BCUT2D eigenvalue weighted by atomic mass is 16.7. The van der Waals surface area contributed by atoms with Gasteiger partial charge in [0.15, 0.2) is 6.29 Å². The third kappa shape index (κ3) is 5.39. The molecule has 0 aromatic heterocycles. The van der Waals surface area contributed by atoms with Gasteiger partial charge in [-0.25, -0.2) is 0 Å². The van der Waals surface area contributed by atoms with Crippen molar-refractivity contribution in [3.8, 4) is 0 Å². The number of hydrogen-bond acceptors (Lipinski definition) is 5. The van der Waals surface area contributed by atoms with Gasteiger partial charge >= 0.3 is 0 Å². The van der Waals surface area contributed by atoms with Crippen LogP contribution >= 0.6 is 0 Å². The molecule has 1 N–H and O–H groups in total. The number of methoxy groups -OCH3 is 1. The van der Waals surface area contributed by atoms with Crippen LogP contribution in [0.5, 0.6) is 0 Å². The lowest BCUT2D eigenvalue weighted by atomic mass is 9.93. The molecule has 4 rings (SSSR count). The van der Waals surface area contributed by atoms with Crippen molar-refractivity contribution in [2.24, 2.45) is 0 Å². The van der Waals surface area contributed by atoms with Gasteiger partial charge in [-0.05, 0) is 16.7 Å². The Morgan fingerprint density at radius 2 is 1.19 bits per heavy atom. The van der Waals surface area contributed by atoms with E-state index in [4.69, 9.17) is 18.9 Å². The summed E-state index contributed by atoms with van der Waals surface area (Å²) in [6.45, 7) is 0.717. The zero-order valence-corrected chi connectivity index (χ0v) is 17.5. The SMILES string of the molecule is CO[C@@H]1O[C@@H](c2ccccc2)[C@@H](O)[C@H](OCc2ccccc2)[C@H]1OCc1ccccc1. The highest BCUT2D eigenvalue weighted by Gasteiger charge is 2.47. The molecule has 0 saturated carbocycles. The minimum Gasteiger partial charge on any atom is -0.387 e. The molecule has 1 aliphatic heterocycles. The standard InChI is InChI=1S/C26H28O5/c1-28-26-25(30-18-20-13-7-3-8-14-20)24(29-17-19-11-5-2-6-12-19)22(27)23(31-26)21-15-9-4-10-16-21/h2-16,22-27H,17-18H2,1H3/t22-,23+,24+,25-,26-/m1/s1. The molecule has 1 heterocycles. The van der Waals surface area contributed by atoms with Crippen molar-refractivity contribution in [2.75, 3.05) is 7.11 Å². The zero-order chi connectivity index (χ0) is 21.5. The summed E-state index contributed by atoms with van der Waals surface area (Å²) in [5.74, 6) is 0. The second kappa shape index (κ2) is 10.7. The quantitative estimate of drug-likeness (QED) is 0.590. The molecule has 0 amide bonds. The molecule has 162 valence electrons. The van der Waals surface area contributed by atoms with Crippen molar-refractivity contribution >= 4 is 0 Å². The van der Waals surface area contributed by atoms with Gasteiger partial charge < -0.3 is 24.1 Å². The van der Waals surface area contributed by atoms with Gasteiger partial charge in [0.1, 0.15) is 24.4 Å². The molecule has 0 unspecified atom stereocenters. The van der Waals surface area contributed by atoms with Crippen LogP contribution in [0.2, 0.25) is 0 Å². The summed E-state index contributed by atoms with van der Waals surface area (Å²) in [7, 11) is 1.58. The van der Waals surface area contributed by atoms with Crippen LogP contribution in [0.1, 0.15) is 22.8 Å². The van der Waals surface area contributed by atoms with Crippen LogP contribution in [0, 0.1) is 0 Å². The van der Waals surface area contributed by atoms with Gasteiger partial charge in [0.2, 0.25) is 0 Å². The maximum Gasteiger partial charge on any atom is 0.186 e. The van der Waals surface area contributed by atoms with Crippen LogP contribution in [-0.2, 0) is 32.2 Å². The Labute approximate surface area is 183 Å². The van der Waals surface area contributed by atoms with Crippen molar-refractivity contribution < 1.29 is 24.1 Å². The Bertz CT molecular complexity index is 903. The molecule has 0 radical (unpaired) electrons. The lowest BCUT2D eigenvalue weighted by molar-refractivity contribution is -0.312. The highest BCUT2D eigenvalue weighted by molar-refractivity contribution is 5.21. The van der Waals surface area contributed by atoms with Gasteiger partial charge in [-0.2, -0.15) is 0 Å². The molecular weight excluding hydrogens is 392 g/mol. The molecule has 1 fully saturated rings. The smallest absolute Gasteiger partial charge is 0.186 e. The summed E-state index contributed by atoms with van der Waals surface area (Å²) < 4.78 is 24.2. The van der Waals surface area contributed by atoms with E-state index in [1.54, 1.807) is 7.11 Å². The Morgan fingerprint density at radius 3 is 1.71 bits per heavy atom. The first-order valence-electron chi connectivity index (χ1n) is 10.5. The minimum atomic E-state index is -0.918. The van der Waals surface area contributed by atoms with Gasteiger partial charge in [0.05, 0.1) is 13.2 Å². The van der Waals surface area contributed by atoms with Crippen LogP contribution in [0.25, 0.3) is 0 Å². The van der Waals surface area contributed by atoms with Crippen LogP contribution in [0.4, 0.5) is 0 Å². The molecule has 31 heavy (non-hydrogen) atoms. The molecule has 0 spiro atoms. The number of aliphatic hydroxyl groups is 1.